The number of nitrogens with zero attached hydrogens (tertiary/aromatic N) is 5. The second-order valence-electron chi connectivity index (χ2n) is 6.36. The largest absolute Gasteiger partial charge is 0.395 e. The van der Waals surface area contributed by atoms with Crippen LogP contribution in [0.3, 0.4) is 0 Å². The Bertz CT molecular complexity index is 993. The maximum absolute atomic E-state index is 12.9. The minimum absolute atomic E-state index is 0.0846. The molecule has 1 fully saturated rings. The zero-order valence-electron chi connectivity index (χ0n) is 14.3. The summed E-state index contributed by atoms with van der Waals surface area (Å²) in [7, 11) is 0. The first-order chi connectivity index (χ1) is 12.7. The van der Waals surface area contributed by atoms with E-state index in [0.29, 0.717) is 16.9 Å². The molecular weight excluding hydrogens is 332 g/mol. The van der Waals surface area contributed by atoms with Crippen LogP contribution in [0.5, 0.6) is 0 Å². The van der Waals surface area contributed by atoms with E-state index in [9.17, 15) is 9.90 Å². The molecule has 0 saturated carbocycles. The Kier molecular flexibility index (Phi) is 4.26. The van der Waals surface area contributed by atoms with Crippen LogP contribution in [-0.2, 0) is 6.54 Å². The first-order valence-electron chi connectivity index (χ1n) is 8.65. The molecule has 134 valence electrons. The Morgan fingerprint density at radius 2 is 1.92 bits per heavy atom. The fraction of sp³-hybridized carbons (Fsp3) is 0.333. The predicted molar refractivity (Wildman–Crippen MR) is 100.0 cm³/mol. The van der Waals surface area contributed by atoms with Crippen LogP contribution in [0.15, 0.2) is 35.5 Å². The fourth-order valence-electron chi connectivity index (χ4n) is 3.34. The van der Waals surface area contributed by atoms with E-state index >= 15 is 0 Å². The summed E-state index contributed by atoms with van der Waals surface area (Å²) in [5, 5.41) is 10.6. The Morgan fingerprint density at radius 3 is 2.62 bits per heavy atom. The molecule has 3 aromatic rings. The van der Waals surface area contributed by atoms with Gasteiger partial charge < -0.3 is 20.3 Å². The third-order valence-corrected chi connectivity index (χ3v) is 4.65. The van der Waals surface area contributed by atoms with Gasteiger partial charge in [-0.05, 0) is 30.4 Å². The average molecular weight is 352 g/mol. The zero-order valence-corrected chi connectivity index (χ0v) is 14.3. The molecule has 4 heterocycles. The first kappa shape index (κ1) is 16.5. The van der Waals surface area contributed by atoms with Crippen molar-refractivity contribution in [2.24, 2.45) is 0 Å². The number of anilines is 2. The van der Waals surface area contributed by atoms with Gasteiger partial charge in [0.05, 0.1) is 17.7 Å². The number of nitrogen functional groups attached to an aromatic ring is 1. The molecule has 26 heavy (non-hydrogen) atoms. The smallest absolute Gasteiger partial charge is 0.262 e. The lowest BCUT2D eigenvalue weighted by Crippen LogP contribution is -2.26. The van der Waals surface area contributed by atoms with Crippen molar-refractivity contribution in [1.29, 1.82) is 0 Å². The summed E-state index contributed by atoms with van der Waals surface area (Å²) in [6, 6.07) is 3.75. The van der Waals surface area contributed by atoms with Gasteiger partial charge in [0.15, 0.2) is 0 Å². The van der Waals surface area contributed by atoms with Crippen LogP contribution in [0.4, 0.5) is 11.8 Å². The van der Waals surface area contributed by atoms with Gasteiger partial charge >= 0.3 is 0 Å². The van der Waals surface area contributed by atoms with Crippen molar-refractivity contribution < 1.29 is 5.11 Å². The van der Waals surface area contributed by atoms with E-state index in [1.165, 1.54) is 4.57 Å². The van der Waals surface area contributed by atoms with Crippen LogP contribution < -0.4 is 16.2 Å². The molecule has 0 radical (unpaired) electrons. The Hall–Kier alpha value is -3.00. The van der Waals surface area contributed by atoms with E-state index in [0.717, 1.165) is 36.9 Å². The van der Waals surface area contributed by atoms with Crippen molar-refractivity contribution in [2.75, 3.05) is 30.3 Å². The molecule has 8 nitrogen and oxygen atoms in total. The molecular formula is C18H20N6O2. The minimum atomic E-state index is -0.133. The van der Waals surface area contributed by atoms with Gasteiger partial charge in [0, 0.05) is 43.8 Å². The number of aliphatic hydroxyl groups is 1. The van der Waals surface area contributed by atoms with Crippen molar-refractivity contribution >= 4 is 22.5 Å². The third-order valence-electron chi connectivity index (χ3n) is 4.65. The van der Waals surface area contributed by atoms with E-state index in [1.54, 1.807) is 18.6 Å². The SMILES string of the molecule is Nc1ncc(-c2cc3ccn(CCO)c(=O)c3c(N3CCCC3)n2)cn1. The average Bonchev–Trinajstić information content (AvgIpc) is 3.18. The Balaban J connectivity index is 1.95. The highest BCUT2D eigenvalue weighted by Crippen LogP contribution is 2.29. The van der Waals surface area contributed by atoms with Crippen LogP contribution in [0.25, 0.3) is 22.0 Å². The molecule has 8 heteroatoms. The van der Waals surface area contributed by atoms with Gasteiger partial charge in [-0.15, -0.1) is 0 Å². The van der Waals surface area contributed by atoms with Gasteiger partial charge in [0.1, 0.15) is 5.82 Å². The molecule has 1 aliphatic heterocycles. The number of rotatable bonds is 4. The van der Waals surface area contributed by atoms with Crippen LogP contribution in [0.1, 0.15) is 12.8 Å². The summed E-state index contributed by atoms with van der Waals surface area (Å²) in [6.45, 7) is 1.93. The highest BCUT2D eigenvalue weighted by Gasteiger charge is 2.20. The number of aliphatic hydroxyl groups excluding tert-OH is 1. The number of hydrogen-bond donors (Lipinski definition) is 2. The van der Waals surface area contributed by atoms with E-state index < -0.39 is 0 Å². The molecule has 0 amide bonds. The molecule has 3 N–H and O–H groups in total. The number of aromatic nitrogens is 4. The van der Waals surface area contributed by atoms with Crippen LogP contribution in [0, 0.1) is 0 Å². The molecule has 0 aliphatic carbocycles. The van der Waals surface area contributed by atoms with Gasteiger partial charge in [-0.2, -0.15) is 0 Å². The molecule has 0 aromatic carbocycles. The molecule has 0 unspecified atom stereocenters. The van der Waals surface area contributed by atoms with E-state index in [2.05, 4.69) is 14.9 Å². The molecule has 0 atom stereocenters. The number of fused-ring (bicyclic) bond motifs is 1. The summed E-state index contributed by atoms with van der Waals surface area (Å²) in [5.74, 6) is 0.894. The van der Waals surface area contributed by atoms with Crippen molar-refractivity contribution in [3.8, 4) is 11.3 Å². The highest BCUT2D eigenvalue weighted by molar-refractivity contribution is 5.94. The molecule has 4 rings (SSSR count). The van der Waals surface area contributed by atoms with Gasteiger partial charge in [0.2, 0.25) is 5.95 Å². The topological polar surface area (TPSA) is 110 Å². The van der Waals surface area contributed by atoms with Crippen molar-refractivity contribution in [3.63, 3.8) is 0 Å². The van der Waals surface area contributed by atoms with Gasteiger partial charge in [0.25, 0.3) is 5.56 Å². The Labute approximate surface area is 149 Å². The number of pyridine rings is 2. The van der Waals surface area contributed by atoms with E-state index in [1.807, 2.05) is 12.1 Å². The number of nitrogens with two attached hydrogens (primary N) is 1. The van der Waals surface area contributed by atoms with Crippen molar-refractivity contribution in [1.82, 2.24) is 19.5 Å². The molecule has 0 bridgehead atoms. The van der Waals surface area contributed by atoms with Crippen LogP contribution >= 0.6 is 0 Å². The maximum atomic E-state index is 12.9. The molecule has 3 aromatic heterocycles. The summed E-state index contributed by atoms with van der Waals surface area (Å²) in [5.41, 5.74) is 6.90. The monoisotopic (exact) mass is 352 g/mol. The summed E-state index contributed by atoms with van der Waals surface area (Å²) in [6.07, 6.45) is 7.14. The molecule has 1 aliphatic rings. The quantitative estimate of drug-likeness (QED) is 0.721. The summed E-state index contributed by atoms with van der Waals surface area (Å²) < 4.78 is 1.52. The van der Waals surface area contributed by atoms with E-state index in [-0.39, 0.29) is 24.7 Å². The molecule has 0 spiro atoms. The Morgan fingerprint density at radius 1 is 1.19 bits per heavy atom. The van der Waals surface area contributed by atoms with Gasteiger partial charge in [-0.1, -0.05) is 0 Å². The minimum Gasteiger partial charge on any atom is -0.395 e. The lowest BCUT2D eigenvalue weighted by molar-refractivity contribution is 0.274. The third kappa shape index (κ3) is 2.88. The highest BCUT2D eigenvalue weighted by atomic mass is 16.3. The lowest BCUT2D eigenvalue weighted by atomic mass is 10.1. The fourth-order valence-corrected chi connectivity index (χ4v) is 3.34. The second-order valence-corrected chi connectivity index (χ2v) is 6.36. The van der Waals surface area contributed by atoms with Crippen LogP contribution in [0.2, 0.25) is 0 Å². The second kappa shape index (κ2) is 6.72. The zero-order chi connectivity index (χ0) is 18.1. The standard InChI is InChI=1S/C18H20N6O2/c19-18-20-10-13(11-21-18)14-9-12-3-6-24(7-8-25)17(26)15(12)16(22-14)23-4-1-2-5-23/h3,6,9-11,25H,1-2,4-5,7-8H2,(H2,19,20,21). The van der Waals surface area contributed by atoms with Gasteiger partial charge in [-0.3, -0.25) is 4.79 Å². The van der Waals surface area contributed by atoms with Crippen LogP contribution in [-0.4, -0.2) is 44.3 Å². The predicted octanol–water partition coefficient (Wildman–Crippen LogP) is 1.03. The normalized spacial score (nSPS) is 14.3. The maximum Gasteiger partial charge on any atom is 0.262 e. The summed E-state index contributed by atoms with van der Waals surface area (Å²) in [4.78, 5) is 27.9. The van der Waals surface area contributed by atoms with E-state index in [4.69, 9.17) is 10.7 Å². The van der Waals surface area contributed by atoms with Gasteiger partial charge in [-0.25, -0.2) is 15.0 Å². The number of hydrogen-bond acceptors (Lipinski definition) is 7. The summed E-state index contributed by atoms with van der Waals surface area (Å²) >= 11 is 0. The first-order valence-corrected chi connectivity index (χ1v) is 8.65. The lowest BCUT2D eigenvalue weighted by Gasteiger charge is -2.20. The molecule has 1 saturated heterocycles. The van der Waals surface area contributed by atoms with Crippen molar-refractivity contribution in [3.05, 3.63) is 41.1 Å². The van der Waals surface area contributed by atoms with Crippen molar-refractivity contribution in [2.45, 2.75) is 19.4 Å².